The van der Waals surface area contributed by atoms with Gasteiger partial charge < -0.3 is 5.32 Å². The number of hydrogen-bond donors (Lipinski definition) is 1. The topological polar surface area (TPSA) is 37.8 Å². The highest BCUT2D eigenvalue weighted by molar-refractivity contribution is 7.14. The summed E-state index contributed by atoms with van der Waals surface area (Å²) in [4.78, 5) is 8.41. The van der Waals surface area contributed by atoms with Gasteiger partial charge in [-0.25, -0.2) is 9.97 Å². The summed E-state index contributed by atoms with van der Waals surface area (Å²) < 4.78 is 0. The lowest BCUT2D eigenvalue weighted by molar-refractivity contribution is 1.07. The van der Waals surface area contributed by atoms with E-state index in [-0.39, 0.29) is 0 Å². The van der Waals surface area contributed by atoms with E-state index in [1.54, 1.807) is 16.7 Å². The predicted molar refractivity (Wildman–Crippen MR) is 61.3 cm³/mol. The molecule has 0 fully saturated rings. The lowest BCUT2D eigenvalue weighted by Gasteiger charge is -1.97. The molecule has 0 atom stereocenters. The number of anilines is 1. The lowest BCUT2D eigenvalue weighted by Crippen LogP contribution is -1.98. The second kappa shape index (κ2) is 4.25. The van der Waals surface area contributed by atoms with Crippen LogP contribution in [0.4, 0.5) is 5.13 Å². The van der Waals surface area contributed by atoms with E-state index in [1.807, 2.05) is 12.3 Å². The van der Waals surface area contributed by atoms with Crippen LogP contribution in [0, 0.1) is 6.92 Å². The van der Waals surface area contributed by atoms with Crippen molar-refractivity contribution in [3.63, 3.8) is 0 Å². The number of aromatic nitrogens is 2. The van der Waals surface area contributed by atoms with E-state index in [1.165, 1.54) is 11.3 Å². The number of rotatable bonds is 3. The second-order valence-electron chi connectivity index (χ2n) is 2.71. The Morgan fingerprint density at radius 1 is 1.36 bits per heavy atom. The summed E-state index contributed by atoms with van der Waals surface area (Å²) in [5.74, 6) is 0. The van der Waals surface area contributed by atoms with Crippen LogP contribution in [0.1, 0.15) is 10.7 Å². The molecular formula is C8H8ClN3S2. The van der Waals surface area contributed by atoms with Gasteiger partial charge in [0.25, 0.3) is 0 Å². The summed E-state index contributed by atoms with van der Waals surface area (Å²) in [7, 11) is 0. The third kappa shape index (κ3) is 2.43. The van der Waals surface area contributed by atoms with Crippen molar-refractivity contribution in [3.05, 3.63) is 26.6 Å². The molecule has 0 aliphatic carbocycles. The molecule has 6 heteroatoms. The summed E-state index contributed by atoms with van der Waals surface area (Å²) in [5.41, 5.74) is 1.06. The molecule has 14 heavy (non-hydrogen) atoms. The van der Waals surface area contributed by atoms with Gasteiger partial charge in [0.2, 0.25) is 0 Å². The summed E-state index contributed by atoms with van der Waals surface area (Å²) in [5, 5.41) is 9.44. The monoisotopic (exact) mass is 245 g/mol. The zero-order valence-electron chi connectivity index (χ0n) is 7.45. The highest BCUT2D eigenvalue weighted by Gasteiger charge is 2.01. The number of nitrogens with zero attached hydrogens (tertiary/aromatic N) is 2. The molecule has 0 aliphatic rings. The minimum absolute atomic E-state index is 0.535. The highest BCUT2D eigenvalue weighted by Crippen LogP contribution is 2.20. The van der Waals surface area contributed by atoms with Crippen molar-refractivity contribution >= 4 is 39.4 Å². The van der Waals surface area contributed by atoms with Crippen LogP contribution in [0.25, 0.3) is 0 Å². The maximum Gasteiger partial charge on any atom is 0.184 e. The summed E-state index contributed by atoms with van der Waals surface area (Å²) >= 11 is 8.84. The molecule has 0 aromatic carbocycles. The normalized spacial score (nSPS) is 10.4. The lowest BCUT2D eigenvalue weighted by atomic mass is 10.6. The smallest absolute Gasteiger partial charge is 0.184 e. The third-order valence-corrected chi connectivity index (χ3v) is 3.62. The fraction of sp³-hybridized carbons (Fsp3) is 0.250. The van der Waals surface area contributed by atoms with Gasteiger partial charge in [-0.05, 0) is 6.92 Å². The van der Waals surface area contributed by atoms with Crippen LogP contribution in [-0.2, 0) is 6.54 Å². The Balaban J connectivity index is 1.94. The molecule has 2 heterocycles. The van der Waals surface area contributed by atoms with E-state index >= 15 is 0 Å². The van der Waals surface area contributed by atoms with Gasteiger partial charge in [0.05, 0.1) is 6.54 Å². The van der Waals surface area contributed by atoms with Crippen LogP contribution in [0.2, 0.25) is 5.15 Å². The van der Waals surface area contributed by atoms with E-state index in [0.717, 1.165) is 15.8 Å². The van der Waals surface area contributed by atoms with Gasteiger partial charge in [-0.2, -0.15) is 0 Å². The van der Waals surface area contributed by atoms with Gasteiger partial charge in [-0.3, -0.25) is 0 Å². The molecule has 2 rings (SSSR count). The average molecular weight is 246 g/mol. The first kappa shape index (κ1) is 9.89. The Bertz CT molecular complexity index is 383. The van der Waals surface area contributed by atoms with E-state index in [0.29, 0.717) is 11.7 Å². The SMILES string of the molecule is Cc1csc(CNc2nc(Cl)cs2)n1. The minimum Gasteiger partial charge on any atom is -0.355 e. The largest absolute Gasteiger partial charge is 0.355 e. The molecule has 0 bridgehead atoms. The Hall–Kier alpha value is -0.650. The quantitative estimate of drug-likeness (QED) is 0.903. The highest BCUT2D eigenvalue weighted by atomic mass is 35.5. The summed E-state index contributed by atoms with van der Waals surface area (Å²) in [6.07, 6.45) is 0. The number of aryl methyl sites for hydroxylation is 1. The average Bonchev–Trinajstić information content (AvgIpc) is 2.72. The van der Waals surface area contributed by atoms with Gasteiger partial charge in [0.15, 0.2) is 5.13 Å². The summed E-state index contributed by atoms with van der Waals surface area (Å²) in [6, 6.07) is 0. The Morgan fingerprint density at radius 2 is 2.21 bits per heavy atom. The van der Waals surface area contributed by atoms with Crippen LogP contribution in [0.15, 0.2) is 10.8 Å². The predicted octanol–water partition coefficient (Wildman–Crippen LogP) is 3.17. The van der Waals surface area contributed by atoms with Crippen LogP contribution in [0.5, 0.6) is 0 Å². The van der Waals surface area contributed by atoms with Crippen molar-refractivity contribution in [2.75, 3.05) is 5.32 Å². The first-order valence-corrected chi connectivity index (χ1v) is 6.13. The van der Waals surface area contributed by atoms with Crippen molar-refractivity contribution in [3.8, 4) is 0 Å². The van der Waals surface area contributed by atoms with Gasteiger partial charge in [-0.15, -0.1) is 22.7 Å². The molecule has 3 nitrogen and oxygen atoms in total. The van der Waals surface area contributed by atoms with E-state index in [2.05, 4.69) is 15.3 Å². The second-order valence-corrected chi connectivity index (χ2v) is 4.90. The molecule has 0 saturated heterocycles. The van der Waals surface area contributed by atoms with Gasteiger partial charge >= 0.3 is 0 Å². The Labute approximate surface area is 94.8 Å². The number of halogens is 1. The standard InChI is InChI=1S/C8H8ClN3S2/c1-5-3-13-7(11-5)2-10-8-12-6(9)4-14-8/h3-4H,2H2,1H3,(H,10,12). The fourth-order valence-corrected chi connectivity index (χ4v) is 2.52. The van der Waals surface area contributed by atoms with Crippen molar-refractivity contribution in [2.45, 2.75) is 13.5 Å². The fourth-order valence-electron chi connectivity index (χ4n) is 0.970. The van der Waals surface area contributed by atoms with Crippen molar-refractivity contribution < 1.29 is 0 Å². The molecule has 0 radical (unpaired) electrons. The van der Waals surface area contributed by atoms with E-state index in [4.69, 9.17) is 11.6 Å². The number of hydrogen-bond acceptors (Lipinski definition) is 5. The maximum absolute atomic E-state index is 5.69. The van der Waals surface area contributed by atoms with Crippen LogP contribution in [0.3, 0.4) is 0 Å². The van der Waals surface area contributed by atoms with Crippen molar-refractivity contribution in [1.82, 2.24) is 9.97 Å². The molecule has 0 aliphatic heterocycles. The Kier molecular flexibility index (Phi) is 3.00. The number of nitrogens with one attached hydrogen (secondary N) is 1. The molecule has 1 N–H and O–H groups in total. The minimum atomic E-state index is 0.535. The molecule has 0 amide bonds. The van der Waals surface area contributed by atoms with Gasteiger partial charge in [0.1, 0.15) is 10.2 Å². The molecular weight excluding hydrogens is 238 g/mol. The molecule has 2 aromatic heterocycles. The van der Waals surface area contributed by atoms with E-state index < -0.39 is 0 Å². The summed E-state index contributed by atoms with van der Waals surface area (Å²) in [6.45, 7) is 2.70. The zero-order valence-corrected chi connectivity index (χ0v) is 9.84. The Morgan fingerprint density at radius 3 is 2.79 bits per heavy atom. The third-order valence-electron chi connectivity index (χ3n) is 1.53. The van der Waals surface area contributed by atoms with Crippen molar-refractivity contribution in [1.29, 1.82) is 0 Å². The van der Waals surface area contributed by atoms with Crippen LogP contribution >= 0.6 is 34.3 Å². The molecule has 0 unspecified atom stereocenters. The van der Waals surface area contributed by atoms with Crippen molar-refractivity contribution in [2.24, 2.45) is 0 Å². The first-order chi connectivity index (χ1) is 6.74. The molecule has 0 saturated carbocycles. The van der Waals surface area contributed by atoms with Gasteiger partial charge in [0, 0.05) is 16.5 Å². The zero-order chi connectivity index (χ0) is 9.97. The van der Waals surface area contributed by atoms with Gasteiger partial charge in [-0.1, -0.05) is 11.6 Å². The van der Waals surface area contributed by atoms with Crippen LogP contribution in [-0.4, -0.2) is 9.97 Å². The molecule has 74 valence electrons. The van der Waals surface area contributed by atoms with Crippen LogP contribution < -0.4 is 5.32 Å². The maximum atomic E-state index is 5.69. The number of thiazole rings is 2. The van der Waals surface area contributed by atoms with E-state index in [9.17, 15) is 0 Å². The molecule has 0 spiro atoms. The first-order valence-electron chi connectivity index (χ1n) is 4.00. The molecule has 2 aromatic rings.